The molecular weight excluding hydrogens is 302 g/mol. The van der Waals surface area contributed by atoms with Crippen LogP contribution in [0.3, 0.4) is 0 Å². The molecule has 2 aromatic rings. The van der Waals surface area contributed by atoms with E-state index in [2.05, 4.69) is 6.07 Å². The number of carbonyl (C=O) groups is 1. The van der Waals surface area contributed by atoms with Gasteiger partial charge in [-0.2, -0.15) is 9.99 Å². The summed E-state index contributed by atoms with van der Waals surface area (Å²) in [6.07, 6.45) is 2.05. The third-order valence-electron chi connectivity index (χ3n) is 3.15. The van der Waals surface area contributed by atoms with Crippen LogP contribution in [0.25, 0.3) is 10.9 Å². The summed E-state index contributed by atoms with van der Waals surface area (Å²) >= 11 is 6.04. The highest BCUT2D eigenvalue weighted by Crippen LogP contribution is 2.32. The van der Waals surface area contributed by atoms with E-state index >= 15 is 0 Å². The van der Waals surface area contributed by atoms with Crippen molar-refractivity contribution in [1.29, 1.82) is 5.26 Å². The van der Waals surface area contributed by atoms with E-state index in [-0.39, 0.29) is 24.2 Å². The maximum Gasteiger partial charge on any atom is 0.333 e. The van der Waals surface area contributed by atoms with Gasteiger partial charge in [-0.3, -0.25) is 0 Å². The second kappa shape index (κ2) is 5.90. The van der Waals surface area contributed by atoms with Crippen molar-refractivity contribution in [2.24, 2.45) is 5.41 Å². The second-order valence-corrected chi connectivity index (χ2v) is 6.78. The van der Waals surface area contributed by atoms with Crippen LogP contribution < -0.4 is 10.6 Å². The average Bonchev–Trinajstić information content (AvgIpc) is 2.70. The number of nitrogens with zero attached hydrogens (tertiary/aromatic N) is 2. The SMILES string of the molecule is CC(C)(C)CC(=O)On1cc(CC#N)c2c(N)c(Cl)ccc21. The Kier molecular flexibility index (Phi) is 4.34. The Labute approximate surface area is 134 Å². The summed E-state index contributed by atoms with van der Waals surface area (Å²) in [6, 6.07) is 5.44. The first-order chi connectivity index (χ1) is 10.2. The van der Waals surface area contributed by atoms with E-state index in [0.29, 0.717) is 27.2 Å². The van der Waals surface area contributed by atoms with Gasteiger partial charge in [0.2, 0.25) is 0 Å². The molecule has 22 heavy (non-hydrogen) atoms. The molecule has 0 atom stereocenters. The predicted molar refractivity (Wildman–Crippen MR) is 86.3 cm³/mol. The minimum Gasteiger partial charge on any atom is -0.397 e. The number of nitriles is 1. The van der Waals surface area contributed by atoms with E-state index in [1.807, 2.05) is 20.8 Å². The lowest BCUT2D eigenvalue weighted by Gasteiger charge is -2.16. The summed E-state index contributed by atoms with van der Waals surface area (Å²) in [6.45, 7) is 5.88. The van der Waals surface area contributed by atoms with E-state index < -0.39 is 0 Å². The number of carbonyl (C=O) groups excluding carboxylic acids is 1. The minimum absolute atomic E-state index is 0.158. The van der Waals surface area contributed by atoms with Crippen molar-refractivity contribution in [2.45, 2.75) is 33.6 Å². The number of aromatic nitrogens is 1. The molecule has 2 N–H and O–H groups in total. The van der Waals surface area contributed by atoms with Gasteiger partial charge < -0.3 is 10.6 Å². The number of nitrogens with two attached hydrogens (primary N) is 1. The maximum atomic E-state index is 12.0. The molecule has 0 radical (unpaired) electrons. The fourth-order valence-corrected chi connectivity index (χ4v) is 2.41. The van der Waals surface area contributed by atoms with Crippen LogP contribution in [0.15, 0.2) is 18.3 Å². The average molecular weight is 320 g/mol. The lowest BCUT2D eigenvalue weighted by molar-refractivity contribution is -0.145. The predicted octanol–water partition coefficient (Wildman–Crippen LogP) is 3.33. The molecule has 0 amide bonds. The molecule has 1 aromatic heterocycles. The molecule has 6 heteroatoms. The van der Waals surface area contributed by atoms with Crippen LogP contribution in [0.5, 0.6) is 0 Å². The van der Waals surface area contributed by atoms with Gasteiger partial charge in [0.1, 0.15) is 0 Å². The molecule has 0 aliphatic heterocycles. The van der Waals surface area contributed by atoms with E-state index in [9.17, 15) is 4.79 Å². The first-order valence-corrected chi connectivity index (χ1v) is 7.27. The van der Waals surface area contributed by atoms with Crippen LogP contribution >= 0.6 is 11.6 Å². The van der Waals surface area contributed by atoms with E-state index in [1.54, 1.807) is 18.3 Å². The number of hydrogen-bond donors (Lipinski definition) is 1. The van der Waals surface area contributed by atoms with Gasteiger partial charge in [0.15, 0.2) is 0 Å². The highest BCUT2D eigenvalue weighted by molar-refractivity contribution is 6.34. The van der Waals surface area contributed by atoms with E-state index in [0.717, 1.165) is 0 Å². The first kappa shape index (κ1) is 16.2. The largest absolute Gasteiger partial charge is 0.397 e. The van der Waals surface area contributed by atoms with Crippen LogP contribution in [0, 0.1) is 16.7 Å². The van der Waals surface area contributed by atoms with Gasteiger partial charge in [0.25, 0.3) is 0 Å². The topological polar surface area (TPSA) is 81.0 Å². The lowest BCUT2D eigenvalue weighted by Crippen LogP contribution is -2.23. The summed E-state index contributed by atoms with van der Waals surface area (Å²) in [5.41, 5.74) is 7.52. The molecule has 0 unspecified atom stereocenters. The Bertz CT molecular complexity index is 766. The zero-order chi connectivity index (χ0) is 16.5. The smallest absolute Gasteiger partial charge is 0.333 e. The Morgan fingerprint density at radius 3 is 2.73 bits per heavy atom. The van der Waals surface area contributed by atoms with E-state index in [1.165, 1.54) is 4.73 Å². The summed E-state index contributed by atoms with van der Waals surface area (Å²) in [5, 5.41) is 10.0. The lowest BCUT2D eigenvalue weighted by atomic mass is 9.93. The molecule has 1 heterocycles. The molecule has 0 saturated heterocycles. The van der Waals surface area contributed by atoms with Crippen molar-refractivity contribution in [2.75, 3.05) is 5.73 Å². The number of halogens is 1. The fraction of sp³-hybridized carbons (Fsp3) is 0.375. The standard InChI is InChI=1S/C16H18ClN3O2/c1-16(2,3)8-13(21)22-20-9-10(6-7-18)14-12(20)5-4-11(17)15(14)19/h4-5,9H,6,8,19H2,1-3H3. The van der Waals surface area contributed by atoms with Crippen LogP contribution in [-0.2, 0) is 11.2 Å². The van der Waals surface area contributed by atoms with Gasteiger partial charge in [0, 0.05) is 11.6 Å². The van der Waals surface area contributed by atoms with Crippen molar-refractivity contribution in [3.63, 3.8) is 0 Å². The summed E-state index contributed by atoms with van der Waals surface area (Å²) < 4.78 is 1.36. The van der Waals surface area contributed by atoms with Crippen molar-refractivity contribution in [3.05, 3.63) is 28.9 Å². The molecule has 0 saturated carbocycles. The number of benzene rings is 1. The van der Waals surface area contributed by atoms with Crippen molar-refractivity contribution >= 4 is 34.2 Å². The molecule has 0 fully saturated rings. The van der Waals surface area contributed by atoms with Crippen LogP contribution in [0.4, 0.5) is 5.69 Å². The molecule has 116 valence electrons. The molecule has 0 aliphatic rings. The Morgan fingerprint density at radius 2 is 2.14 bits per heavy atom. The van der Waals surface area contributed by atoms with Gasteiger partial charge >= 0.3 is 5.97 Å². The third-order valence-corrected chi connectivity index (χ3v) is 3.48. The zero-order valence-electron chi connectivity index (χ0n) is 12.8. The minimum atomic E-state index is -0.346. The van der Waals surface area contributed by atoms with Crippen molar-refractivity contribution < 1.29 is 9.63 Å². The number of rotatable bonds is 3. The van der Waals surface area contributed by atoms with Crippen molar-refractivity contribution in [1.82, 2.24) is 4.73 Å². The Hall–Kier alpha value is -2.19. The van der Waals surface area contributed by atoms with Gasteiger partial charge in [-0.25, -0.2) is 4.79 Å². The monoisotopic (exact) mass is 319 g/mol. The van der Waals surface area contributed by atoms with Crippen molar-refractivity contribution in [3.8, 4) is 6.07 Å². The summed E-state index contributed by atoms with van der Waals surface area (Å²) in [4.78, 5) is 17.4. The highest BCUT2D eigenvalue weighted by atomic mass is 35.5. The summed E-state index contributed by atoms with van der Waals surface area (Å²) in [5.74, 6) is -0.346. The number of fused-ring (bicyclic) bond motifs is 1. The summed E-state index contributed by atoms with van der Waals surface area (Å²) in [7, 11) is 0. The molecule has 5 nitrogen and oxygen atoms in total. The Balaban J connectivity index is 2.45. The Morgan fingerprint density at radius 1 is 1.45 bits per heavy atom. The highest BCUT2D eigenvalue weighted by Gasteiger charge is 2.20. The second-order valence-electron chi connectivity index (χ2n) is 6.37. The number of anilines is 1. The molecule has 1 aromatic carbocycles. The first-order valence-electron chi connectivity index (χ1n) is 6.89. The molecule has 0 aliphatic carbocycles. The number of nitrogen functional groups attached to an aromatic ring is 1. The number of hydrogen-bond acceptors (Lipinski definition) is 4. The van der Waals surface area contributed by atoms with Crippen LogP contribution in [-0.4, -0.2) is 10.7 Å². The molecule has 0 spiro atoms. The van der Waals surface area contributed by atoms with Crippen LogP contribution in [0.1, 0.15) is 32.8 Å². The van der Waals surface area contributed by atoms with Gasteiger partial charge in [-0.1, -0.05) is 32.4 Å². The molecule has 0 bridgehead atoms. The third kappa shape index (κ3) is 3.34. The normalized spacial score (nSPS) is 11.4. The van der Waals surface area contributed by atoms with Gasteiger partial charge in [-0.15, -0.1) is 0 Å². The van der Waals surface area contributed by atoms with Crippen LogP contribution in [0.2, 0.25) is 5.02 Å². The van der Waals surface area contributed by atoms with Gasteiger partial charge in [0.05, 0.1) is 35.1 Å². The zero-order valence-corrected chi connectivity index (χ0v) is 13.6. The maximum absolute atomic E-state index is 12.0. The van der Waals surface area contributed by atoms with Gasteiger partial charge in [-0.05, 0) is 23.1 Å². The quantitative estimate of drug-likeness (QED) is 0.880. The molecule has 2 rings (SSSR count). The fourth-order valence-electron chi connectivity index (χ4n) is 2.25. The molecular formula is C16H18ClN3O2. The van der Waals surface area contributed by atoms with E-state index in [4.69, 9.17) is 27.4 Å².